The van der Waals surface area contributed by atoms with Crippen molar-refractivity contribution in [1.29, 1.82) is 0 Å². The zero-order valence-corrected chi connectivity index (χ0v) is 17.0. The summed E-state index contributed by atoms with van der Waals surface area (Å²) >= 11 is 6.13. The molecule has 1 amide bonds. The standard InChI is InChI=1S/C19H22ClN3O4S/c1-14-2-7-18(17(20)12-14)21-13-19(24)22-15-3-5-16(6-4-15)28(25,26)23-8-10-27-11-9-23/h2-7,12,21H,8-11,13H2,1H3,(H,22,24). The van der Waals surface area contributed by atoms with Crippen molar-refractivity contribution in [3.05, 3.63) is 53.1 Å². The molecule has 28 heavy (non-hydrogen) atoms. The van der Waals surface area contributed by atoms with Crippen LogP contribution in [0.4, 0.5) is 11.4 Å². The average Bonchev–Trinajstić information content (AvgIpc) is 2.68. The number of ether oxygens (including phenoxy) is 1. The molecular weight excluding hydrogens is 402 g/mol. The highest BCUT2D eigenvalue weighted by atomic mass is 35.5. The molecule has 0 saturated carbocycles. The van der Waals surface area contributed by atoms with E-state index in [0.717, 1.165) is 5.56 Å². The lowest BCUT2D eigenvalue weighted by molar-refractivity contribution is -0.114. The zero-order valence-electron chi connectivity index (χ0n) is 15.4. The highest BCUT2D eigenvalue weighted by Gasteiger charge is 2.26. The Morgan fingerprint density at radius 3 is 2.46 bits per heavy atom. The molecule has 2 aromatic carbocycles. The van der Waals surface area contributed by atoms with Crippen molar-refractivity contribution in [1.82, 2.24) is 4.31 Å². The molecule has 7 nitrogen and oxygen atoms in total. The van der Waals surface area contributed by atoms with Crippen LogP contribution in [0.3, 0.4) is 0 Å². The Labute approximate surface area is 169 Å². The number of nitrogens with zero attached hydrogens (tertiary/aromatic N) is 1. The minimum absolute atomic E-state index is 0.0383. The summed E-state index contributed by atoms with van der Waals surface area (Å²) in [5.74, 6) is -0.263. The van der Waals surface area contributed by atoms with Gasteiger partial charge in [0.15, 0.2) is 0 Å². The number of aryl methyl sites for hydroxylation is 1. The Hall–Kier alpha value is -2.13. The fourth-order valence-electron chi connectivity index (χ4n) is 2.79. The van der Waals surface area contributed by atoms with Gasteiger partial charge >= 0.3 is 0 Å². The first kappa shape index (κ1) is 20.6. The number of amides is 1. The molecule has 2 aromatic rings. The molecule has 1 aliphatic heterocycles. The summed E-state index contributed by atoms with van der Waals surface area (Å²) in [6.07, 6.45) is 0. The molecule has 9 heteroatoms. The Balaban J connectivity index is 1.58. The topological polar surface area (TPSA) is 87.7 Å². The first-order valence-corrected chi connectivity index (χ1v) is 10.7. The third-order valence-corrected chi connectivity index (χ3v) is 6.54. The van der Waals surface area contributed by atoms with Gasteiger partial charge in [0.05, 0.1) is 35.4 Å². The van der Waals surface area contributed by atoms with Gasteiger partial charge in [0, 0.05) is 18.8 Å². The van der Waals surface area contributed by atoms with E-state index in [1.165, 1.54) is 16.4 Å². The summed E-state index contributed by atoms with van der Waals surface area (Å²) in [5, 5.41) is 6.26. The second kappa shape index (κ2) is 8.91. The number of benzene rings is 2. The SMILES string of the molecule is Cc1ccc(NCC(=O)Nc2ccc(S(=O)(=O)N3CCOCC3)cc2)c(Cl)c1. The van der Waals surface area contributed by atoms with Crippen LogP contribution in [0.25, 0.3) is 0 Å². The first-order valence-electron chi connectivity index (χ1n) is 8.84. The molecule has 3 rings (SSSR count). The van der Waals surface area contributed by atoms with Gasteiger partial charge in [-0.05, 0) is 48.9 Å². The highest BCUT2D eigenvalue weighted by molar-refractivity contribution is 7.89. The van der Waals surface area contributed by atoms with Crippen LogP contribution < -0.4 is 10.6 Å². The molecular formula is C19H22ClN3O4S. The van der Waals surface area contributed by atoms with E-state index in [0.29, 0.717) is 42.7 Å². The second-order valence-electron chi connectivity index (χ2n) is 6.43. The lowest BCUT2D eigenvalue weighted by Crippen LogP contribution is -2.40. The Morgan fingerprint density at radius 1 is 1.14 bits per heavy atom. The van der Waals surface area contributed by atoms with E-state index in [9.17, 15) is 13.2 Å². The number of hydrogen-bond acceptors (Lipinski definition) is 5. The van der Waals surface area contributed by atoms with Crippen LogP contribution in [0.5, 0.6) is 0 Å². The molecule has 150 valence electrons. The van der Waals surface area contributed by atoms with E-state index in [2.05, 4.69) is 10.6 Å². The summed E-state index contributed by atoms with van der Waals surface area (Å²) in [4.78, 5) is 12.3. The molecule has 0 aromatic heterocycles. The van der Waals surface area contributed by atoms with Crippen LogP contribution in [0, 0.1) is 6.92 Å². The van der Waals surface area contributed by atoms with Crippen molar-refractivity contribution in [3.63, 3.8) is 0 Å². The number of morpholine rings is 1. The maximum absolute atomic E-state index is 12.6. The second-order valence-corrected chi connectivity index (χ2v) is 8.77. The molecule has 2 N–H and O–H groups in total. The van der Waals surface area contributed by atoms with Gasteiger partial charge in [-0.2, -0.15) is 4.31 Å². The van der Waals surface area contributed by atoms with Crippen LogP contribution in [0.15, 0.2) is 47.4 Å². The molecule has 0 atom stereocenters. The van der Waals surface area contributed by atoms with Gasteiger partial charge < -0.3 is 15.4 Å². The predicted molar refractivity (Wildman–Crippen MR) is 109 cm³/mol. The minimum atomic E-state index is -3.55. The maximum atomic E-state index is 12.6. The van der Waals surface area contributed by atoms with Gasteiger partial charge in [0.25, 0.3) is 0 Å². The first-order chi connectivity index (χ1) is 13.4. The predicted octanol–water partition coefficient (Wildman–Crippen LogP) is 2.72. The summed E-state index contributed by atoms with van der Waals surface area (Å²) < 4.78 is 31.8. The Bertz CT molecular complexity index is 942. The van der Waals surface area contributed by atoms with E-state index < -0.39 is 10.0 Å². The number of sulfonamides is 1. The largest absolute Gasteiger partial charge is 0.379 e. The van der Waals surface area contributed by atoms with Gasteiger partial charge in [-0.15, -0.1) is 0 Å². The molecule has 1 saturated heterocycles. The zero-order chi connectivity index (χ0) is 20.1. The third kappa shape index (κ3) is 5.02. The van der Waals surface area contributed by atoms with E-state index in [1.807, 2.05) is 25.1 Å². The fraction of sp³-hybridized carbons (Fsp3) is 0.316. The third-order valence-electron chi connectivity index (χ3n) is 4.31. The van der Waals surface area contributed by atoms with Crippen LogP contribution in [-0.2, 0) is 19.6 Å². The van der Waals surface area contributed by atoms with Gasteiger partial charge in [-0.3, -0.25) is 4.79 Å². The number of hydrogen-bond donors (Lipinski definition) is 2. The fourth-order valence-corrected chi connectivity index (χ4v) is 4.50. The normalized spacial score (nSPS) is 15.2. The summed E-state index contributed by atoms with van der Waals surface area (Å²) in [6.45, 7) is 3.45. The van der Waals surface area contributed by atoms with Crippen LogP contribution in [0.2, 0.25) is 5.02 Å². The monoisotopic (exact) mass is 423 g/mol. The molecule has 0 aliphatic carbocycles. The molecule has 0 unspecified atom stereocenters. The number of halogens is 1. The quantitative estimate of drug-likeness (QED) is 0.745. The smallest absolute Gasteiger partial charge is 0.243 e. The molecule has 0 spiro atoms. The van der Waals surface area contributed by atoms with Crippen molar-refractivity contribution < 1.29 is 17.9 Å². The van der Waals surface area contributed by atoms with Crippen molar-refractivity contribution in [2.75, 3.05) is 43.5 Å². The van der Waals surface area contributed by atoms with Crippen LogP contribution in [0.1, 0.15) is 5.56 Å². The number of carbonyl (C=O) groups excluding carboxylic acids is 1. The maximum Gasteiger partial charge on any atom is 0.243 e. The number of nitrogens with one attached hydrogen (secondary N) is 2. The average molecular weight is 424 g/mol. The minimum Gasteiger partial charge on any atom is -0.379 e. The number of rotatable bonds is 6. The molecule has 0 radical (unpaired) electrons. The molecule has 1 heterocycles. The lowest BCUT2D eigenvalue weighted by atomic mass is 10.2. The van der Waals surface area contributed by atoms with Crippen molar-refractivity contribution >= 4 is 38.9 Å². The number of carbonyl (C=O) groups is 1. The molecule has 1 fully saturated rings. The van der Waals surface area contributed by atoms with Crippen LogP contribution in [-0.4, -0.2) is 51.5 Å². The van der Waals surface area contributed by atoms with Gasteiger partial charge in [0.2, 0.25) is 15.9 Å². The Kier molecular flexibility index (Phi) is 6.56. The summed E-state index contributed by atoms with van der Waals surface area (Å²) in [6, 6.07) is 11.7. The summed E-state index contributed by atoms with van der Waals surface area (Å²) in [7, 11) is -3.55. The van der Waals surface area contributed by atoms with Gasteiger partial charge in [-0.25, -0.2) is 8.42 Å². The lowest BCUT2D eigenvalue weighted by Gasteiger charge is -2.26. The molecule has 1 aliphatic rings. The van der Waals surface area contributed by atoms with E-state index >= 15 is 0 Å². The van der Waals surface area contributed by atoms with Crippen molar-refractivity contribution in [2.24, 2.45) is 0 Å². The Morgan fingerprint density at radius 2 is 1.82 bits per heavy atom. The van der Waals surface area contributed by atoms with Gasteiger partial charge in [0.1, 0.15) is 0 Å². The van der Waals surface area contributed by atoms with E-state index in [1.54, 1.807) is 12.1 Å². The highest BCUT2D eigenvalue weighted by Crippen LogP contribution is 2.23. The van der Waals surface area contributed by atoms with E-state index in [-0.39, 0.29) is 17.3 Å². The summed E-state index contributed by atoms with van der Waals surface area (Å²) in [5.41, 5.74) is 2.23. The van der Waals surface area contributed by atoms with Crippen molar-refractivity contribution in [2.45, 2.75) is 11.8 Å². The van der Waals surface area contributed by atoms with E-state index in [4.69, 9.17) is 16.3 Å². The molecule has 0 bridgehead atoms. The van der Waals surface area contributed by atoms with Crippen molar-refractivity contribution in [3.8, 4) is 0 Å². The van der Waals surface area contributed by atoms with Crippen LogP contribution >= 0.6 is 11.6 Å². The van der Waals surface area contributed by atoms with Gasteiger partial charge in [-0.1, -0.05) is 17.7 Å². The number of anilines is 2.